The van der Waals surface area contributed by atoms with Crippen LogP contribution in [0.4, 0.5) is 28.9 Å². The minimum atomic E-state index is -6.00. The lowest BCUT2D eigenvalue weighted by molar-refractivity contribution is -0.401. The summed E-state index contributed by atoms with van der Waals surface area (Å²) in [5, 5.41) is 8.73. The lowest BCUT2D eigenvalue weighted by Crippen LogP contribution is -2.24. The molecule has 2 heterocycles. The van der Waals surface area contributed by atoms with E-state index in [2.05, 4.69) is 46.8 Å². The van der Waals surface area contributed by atoms with Crippen LogP contribution in [-0.4, -0.2) is 32.9 Å². The van der Waals surface area contributed by atoms with Crippen LogP contribution in [0.3, 0.4) is 0 Å². The first-order chi connectivity index (χ1) is 12.7. The van der Waals surface area contributed by atoms with Gasteiger partial charge in [-0.3, -0.25) is 4.57 Å². The summed E-state index contributed by atoms with van der Waals surface area (Å²) in [5.41, 5.74) is 7.46. The average molecular weight is 398 g/mol. The van der Waals surface area contributed by atoms with E-state index in [1.807, 2.05) is 33.7 Å². The standard InChI is InChI=1S/C16H13ClN5.BF4/c1-11-2-4-12(5-3-11)9-22-15-8-13(17)6-7-14(15)21-10-18-19-16(21)20-22;2-1(3,4)5/h2-10H,1H3,(H,19,20);/q+1;-1/b22-9-;. The molecular formula is C16H13BClF4N5. The molecule has 0 aliphatic carbocycles. The van der Waals surface area contributed by atoms with Crippen molar-refractivity contribution in [2.45, 2.75) is 6.92 Å². The average Bonchev–Trinajstić information content (AvgIpc) is 3.04. The number of fused-ring (bicyclic) bond motifs is 3. The number of anilines is 1. The Labute approximate surface area is 157 Å². The fourth-order valence-corrected chi connectivity index (χ4v) is 2.62. The van der Waals surface area contributed by atoms with Gasteiger partial charge in [0.25, 0.3) is 11.6 Å². The van der Waals surface area contributed by atoms with Crippen LogP contribution in [-0.2, 0) is 0 Å². The van der Waals surface area contributed by atoms with E-state index in [1.54, 1.807) is 6.33 Å². The predicted molar refractivity (Wildman–Crippen MR) is 96.4 cm³/mol. The summed E-state index contributed by atoms with van der Waals surface area (Å²) in [6.07, 6.45) is 3.69. The van der Waals surface area contributed by atoms with E-state index in [4.69, 9.17) is 11.6 Å². The molecule has 0 spiro atoms. The first-order valence-corrected chi connectivity index (χ1v) is 8.13. The zero-order valence-corrected chi connectivity index (χ0v) is 14.7. The van der Waals surface area contributed by atoms with E-state index in [-0.39, 0.29) is 0 Å². The molecule has 0 radical (unpaired) electrons. The van der Waals surface area contributed by atoms with Crippen molar-refractivity contribution in [2.75, 3.05) is 5.43 Å². The van der Waals surface area contributed by atoms with Crippen LogP contribution in [0.15, 0.2) is 48.8 Å². The SMILES string of the molecule is Cc1ccc(/C=[N+]2\Nc3nncn3-c3ccc(Cl)cc32)cc1.F[B-](F)(F)F. The summed E-state index contributed by atoms with van der Waals surface area (Å²) in [4.78, 5) is 0. The molecule has 1 aliphatic rings. The Morgan fingerprint density at radius 3 is 2.44 bits per heavy atom. The molecule has 2 aromatic carbocycles. The molecule has 27 heavy (non-hydrogen) atoms. The van der Waals surface area contributed by atoms with Crippen LogP contribution in [0.2, 0.25) is 5.02 Å². The monoisotopic (exact) mass is 397 g/mol. The van der Waals surface area contributed by atoms with Gasteiger partial charge < -0.3 is 17.3 Å². The Morgan fingerprint density at radius 2 is 1.78 bits per heavy atom. The van der Waals surface area contributed by atoms with Gasteiger partial charge in [0.15, 0.2) is 0 Å². The number of benzene rings is 2. The summed E-state index contributed by atoms with van der Waals surface area (Å²) in [7, 11) is -6.00. The second-order valence-corrected chi connectivity index (χ2v) is 6.11. The van der Waals surface area contributed by atoms with Gasteiger partial charge in [0.1, 0.15) is 12.0 Å². The number of rotatable bonds is 1. The second-order valence-electron chi connectivity index (χ2n) is 5.67. The fraction of sp³-hybridized carbons (Fsp3) is 0.0625. The maximum Gasteiger partial charge on any atom is 0.673 e. The number of hydrogen-bond acceptors (Lipinski definition) is 3. The van der Waals surface area contributed by atoms with Crippen LogP contribution in [0, 0.1) is 6.92 Å². The molecule has 0 amide bonds. The van der Waals surface area contributed by atoms with Crippen molar-refractivity contribution >= 4 is 36.7 Å². The Balaban J connectivity index is 0.000000376. The number of hydrazone groups is 1. The van der Waals surface area contributed by atoms with E-state index in [0.717, 1.165) is 16.9 Å². The van der Waals surface area contributed by atoms with Gasteiger partial charge in [-0.25, -0.2) is 0 Å². The van der Waals surface area contributed by atoms with Gasteiger partial charge in [0, 0.05) is 16.7 Å². The molecular weight excluding hydrogens is 384 g/mol. The van der Waals surface area contributed by atoms with Crippen LogP contribution in [0.25, 0.3) is 5.69 Å². The maximum absolute atomic E-state index is 9.75. The van der Waals surface area contributed by atoms with Gasteiger partial charge in [-0.15, -0.1) is 15.6 Å². The lowest BCUT2D eigenvalue weighted by atomic mass is 10.2. The number of hydrazine groups is 1. The number of nitrogens with one attached hydrogen (secondary N) is 1. The van der Waals surface area contributed by atoms with Gasteiger partial charge in [0.2, 0.25) is 6.21 Å². The van der Waals surface area contributed by atoms with Gasteiger partial charge in [-0.1, -0.05) is 34.0 Å². The number of aromatic nitrogens is 3. The highest BCUT2D eigenvalue weighted by Crippen LogP contribution is 2.32. The molecule has 3 aromatic rings. The first kappa shape index (κ1) is 18.9. The van der Waals surface area contributed by atoms with Crippen LogP contribution >= 0.6 is 11.6 Å². The minimum Gasteiger partial charge on any atom is -0.418 e. The van der Waals surface area contributed by atoms with E-state index < -0.39 is 7.25 Å². The zero-order chi connectivity index (χ0) is 19.6. The van der Waals surface area contributed by atoms with Gasteiger partial charge in [-0.05, 0) is 31.2 Å². The molecule has 11 heteroatoms. The summed E-state index contributed by atoms with van der Waals surface area (Å²) in [6, 6.07) is 14.0. The number of hydrogen-bond donors (Lipinski definition) is 1. The van der Waals surface area contributed by atoms with Crippen molar-refractivity contribution < 1.29 is 21.9 Å². The van der Waals surface area contributed by atoms with E-state index in [0.29, 0.717) is 11.0 Å². The predicted octanol–water partition coefficient (Wildman–Crippen LogP) is 4.63. The van der Waals surface area contributed by atoms with Gasteiger partial charge >= 0.3 is 7.25 Å². The highest BCUT2D eigenvalue weighted by atomic mass is 35.5. The van der Waals surface area contributed by atoms with Crippen molar-refractivity contribution in [1.82, 2.24) is 14.8 Å². The molecule has 0 fully saturated rings. The first-order valence-electron chi connectivity index (χ1n) is 7.75. The molecule has 0 saturated heterocycles. The molecule has 4 rings (SSSR count). The van der Waals surface area contributed by atoms with Crippen molar-refractivity contribution in [3.8, 4) is 5.69 Å². The maximum atomic E-state index is 9.75. The van der Waals surface area contributed by atoms with Crippen LogP contribution < -0.4 is 5.43 Å². The third-order valence-corrected chi connectivity index (χ3v) is 3.82. The third kappa shape index (κ3) is 4.85. The van der Waals surface area contributed by atoms with E-state index >= 15 is 0 Å². The smallest absolute Gasteiger partial charge is 0.418 e. The minimum absolute atomic E-state index is 0.665. The quantitative estimate of drug-likeness (QED) is 0.370. The third-order valence-electron chi connectivity index (χ3n) is 3.58. The molecule has 5 nitrogen and oxygen atoms in total. The Kier molecular flexibility index (Phi) is 5.18. The Morgan fingerprint density at radius 1 is 1.11 bits per heavy atom. The normalized spacial score (nSPS) is 13.9. The number of aryl methyl sites for hydroxylation is 1. The lowest BCUT2D eigenvalue weighted by Gasteiger charge is -2.15. The number of nitrogens with zero attached hydrogens (tertiary/aromatic N) is 4. The molecule has 1 aliphatic heterocycles. The topological polar surface area (TPSA) is 45.8 Å². The molecule has 0 bridgehead atoms. The van der Waals surface area contributed by atoms with Crippen molar-refractivity contribution in [3.05, 3.63) is 64.9 Å². The van der Waals surface area contributed by atoms with E-state index in [9.17, 15) is 17.3 Å². The Bertz CT molecular complexity index is 979. The van der Waals surface area contributed by atoms with Crippen LogP contribution in [0.5, 0.6) is 0 Å². The van der Waals surface area contributed by atoms with Gasteiger partial charge in [0.05, 0.1) is 0 Å². The molecule has 0 saturated carbocycles. The highest BCUT2D eigenvalue weighted by molar-refractivity contribution is 6.50. The zero-order valence-electron chi connectivity index (χ0n) is 14.0. The summed E-state index contributed by atoms with van der Waals surface area (Å²) >= 11 is 6.16. The largest absolute Gasteiger partial charge is 0.673 e. The molecule has 140 valence electrons. The molecule has 0 atom stereocenters. The van der Waals surface area contributed by atoms with Crippen molar-refractivity contribution in [1.29, 1.82) is 0 Å². The molecule has 1 N–H and O–H groups in total. The van der Waals surface area contributed by atoms with Crippen molar-refractivity contribution in [3.63, 3.8) is 0 Å². The fourth-order valence-electron chi connectivity index (χ4n) is 2.45. The summed E-state index contributed by atoms with van der Waals surface area (Å²) in [5.74, 6) is 0.665. The van der Waals surface area contributed by atoms with Gasteiger partial charge in [-0.2, -0.15) is 0 Å². The van der Waals surface area contributed by atoms with Crippen LogP contribution in [0.1, 0.15) is 11.1 Å². The summed E-state index contributed by atoms with van der Waals surface area (Å²) in [6.45, 7) is 2.07. The second kappa shape index (κ2) is 7.39. The summed E-state index contributed by atoms with van der Waals surface area (Å²) < 4.78 is 42.8. The highest BCUT2D eigenvalue weighted by Gasteiger charge is 2.27. The van der Waals surface area contributed by atoms with E-state index in [1.165, 1.54) is 5.56 Å². The Hall–Kier alpha value is -2.88. The van der Waals surface area contributed by atoms with Crippen molar-refractivity contribution in [2.24, 2.45) is 0 Å². The molecule has 1 aromatic heterocycles. The molecule has 0 unspecified atom stereocenters. The number of halogens is 5.